The lowest BCUT2D eigenvalue weighted by Crippen LogP contribution is -2.36. The van der Waals surface area contributed by atoms with Crippen molar-refractivity contribution in [2.24, 2.45) is 5.92 Å². The van der Waals surface area contributed by atoms with Gasteiger partial charge in [-0.1, -0.05) is 73.5 Å². The average molecular weight is 312 g/mol. The third-order valence-corrected chi connectivity index (χ3v) is 7.81. The first-order valence-corrected chi connectivity index (χ1v) is 9.76. The maximum atomic E-state index is 10.3. The van der Waals surface area contributed by atoms with Gasteiger partial charge in [-0.05, 0) is 49.9 Å². The molecule has 0 radical (unpaired) electrons. The Morgan fingerprint density at radius 1 is 0.864 bits per heavy atom. The molecule has 1 nitrogen and oxygen atoms in total. The number of hydrogen-bond donors (Lipinski definition) is 1. The first-order chi connectivity index (χ1) is 10.8. The lowest BCUT2D eigenvalue weighted by Gasteiger charge is -2.39. The van der Waals surface area contributed by atoms with Crippen molar-refractivity contribution >= 4 is 18.5 Å². The molecule has 116 valence electrons. The highest BCUT2D eigenvalue weighted by molar-refractivity contribution is 7.73. The second kappa shape index (κ2) is 7.40. The predicted octanol–water partition coefficient (Wildman–Crippen LogP) is 4.06. The molecule has 3 unspecified atom stereocenters. The van der Waals surface area contributed by atoms with Gasteiger partial charge in [-0.3, -0.25) is 0 Å². The molecular formula is C20H25OP. The Morgan fingerprint density at radius 3 is 1.86 bits per heavy atom. The first kappa shape index (κ1) is 15.7. The van der Waals surface area contributed by atoms with Crippen LogP contribution in [0.25, 0.3) is 0 Å². The highest BCUT2D eigenvalue weighted by atomic mass is 31.1. The van der Waals surface area contributed by atoms with E-state index in [2.05, 4.69) is 60.7 Å². The molecule has 2 aromatic carbocycles. The van der Waals surface area contributed by atoms with Crippen LogP contribution in [0.2, 0.25) is 0 Å². The van der Waals surface area contributed by atoms with Gasteiger partial charge in [-0.25, -0.2) is 0 Å². The molecule has 2 aromatic rings. The Bertz CT molecular complexity index is 527. The van der Waals surface area contributed by atoms with E-state index in [4.69, 9.17) is 0 Å². The van der Waals surface area contributed by atoms with Gasteiger partial charge in [-0.2, -0.15) is 0 Å². The summed E-state index contributed by atoms with van der Waals surface area (Å²) in [4.78, 5) is 0. The standard InChI is InChI=1S/C20H25OP/c1-16(21)19-14-8-9-15-20(19)22(17-10-4-2-5-11-17)18-12-6-3-7-13-18/h2-7,10-13,16,19-21H,8-9,14-15H2,1H3. The normalized spacial score (nSPS) is 23.4. The van der Waals surface area contributed by atoms with Crippen molar-refractivity contribution in [3.8, 4) is 0 Å². The average Bonchev–Trinajstić information content (AvgIpc) is 2.57. The van der Waals surface area contributed by atoms with E-state index in [0.29, 0.717) is 11.6 Å². The highest BCUT2D eigenvalue weighted by Crippen LogP contribution is 2.49. The Kier molecular flexibility index (Phi) is 5.28. The fraction of sp³-hybridized carbons (Fsp3) is 0.400. The van der Waals surface area contributed by atoms with Gasteiger partial charge in [0.1, 0.15) is 0 Å². The maximum Gasteiger partial charge on any atom is 0.0546 e. The zero-order chi connectivity index (χ0) is 15.4. The van der Waals surface area contributed by atoms with Gasteiger partial charge >= 0.3 is 0 Å². The predicted molar refractivity (Wildman–Crippen MR) is 96.5 cm³/mol. The minimum Gasteiger partial charge on any atom is -0.393 e. The van der Waals surface area contributed by atoms with Crippen LogP contribution in [0.4, 0.5) is 0 Å². The van der Waals surface area contributed by atoms with E-state index in [1.165, 1.54) is 36.3 Å². The summed E-state index contributed by atoms with van der Waals surface area (Å²) in [5, 5.41) is 13.2. The van der Waals surface area contributed by atoms with Crippen molar-refractivity contribution in [1.29, 1.82) is 0 Å². The third kappa shape index (κ3) is 3.42. The van der Waals surface area contributed by atoms with Crippen LogP contribution < -0.4 is 10.6 Å². The monoisotopic (exact) mass is 312 g/mol. The molecule has 0 aromatic heterocycles. The Hall–Kier alpha value is -1.17. The van der Waals surface area contributed by atoms with Crippen LogP contribution in [-0.2, 0) is 0 Å². The molecule has 1 fully saturated rings. The molecule has 2 heteroatoms. The number of aliphatic hydroxyl groups is 1. The molecule has 0 heterocycles. The van der Waals surface area contributed by atoms with Crippen molar-refractivity contribution in [1.82, 2.24) is 0 Å². The number of benzene rings is 2. The summed E-state index contributed by atoms with van der Waals surface area (Å²) in [6.45, 7) is 1.98. The lowest BCUT2D eigenvalue weighted by molar-refractivity contribution is 0.104. The van der Waals surface area contributed by atoms with Crippen LogP contribution in [-0.4, -0.2) is 16.9 Å². The Balaban J connectivity index is 2.01. The van der Waals surface area contributed by atoms with Gasteiger partial charge in [-0.15, -0.1) is 0 Å². The zero-order valence-electron chi connectivity index (χ0n) is 13.2. The van der Waals surface area contributed by atoms with Gasteiger partial charge in [0.15, 0.2) is 0 Å². The van der Waals surface area contributed by atoms with E-state index < -0.39 is 7.92 Å². The van der Waals surface area contributed by atoms with Crippen molar-refractivity contribution in [2.75, 3.05) is 0 Å². The quantitative estimate of drug-likeness (QED) is 0.844. The van der Waals surface area contributed by atoms with Crippen molar-refractivity contribution in [2.45, 2.75) is 44.4 Å². The smallest absolute Gasteiger partial charge is 0.0546 e. The van der Waals surface area contributed by atoms with Gasteiger partial charge in [0.2, 0.25) is 0 Å². The second-order valence-electron chi connectivity index (χ2n) is 6.30. The van der Waals surface area contributed by atoms with E-state index >= 15 is 0 Å². The van der Waals surface area contributed by atoms with Crippen LogP contribution in [0.5, 0.6) is 0 Å². The molecular weight excluding hydrogens is 287 g/mol. The van der Waals surface area contributed by atoms with Crippen molar-refractivity contribution < 1.29 is 5.11 Å². The fourth-order valence-electron chi connectivity index (χ4n) is 3.73. The summed E-state index contributed by atoms with van der Waals surface area (Å²) < 4.78 is 0. The van der Waals surface area contributed by atoms with Gasteiger partial charge in [0.25, 0.3) is 0 Å². The third-order valence-electron chi connectivity index (χ3n) is 4.80. The summed E-state index contributed by atoms with van der Waals surface area (Å²) in [7, 11) is -0.401. The zero-order valence-corrected chi connectivity index (χ0v) is 14.1. The van der Waals surface area contributed by atoms with Crippen molar-refractivity contribution in [3.05, 3.63) is 60.7 Å². The summed E-state index contributed by atoms with van der Waals surface area (Å²) in [6, 6.07) is 21.9. The molecule has 0 aliphatic heterocycles. The maximum absolute atomic E-state index is 10.3. The molecule has 1 saturated carbocycles. The summed E-state index contributed by atoms with van der Waals surface area (Å²) in [6.07, 6.45) is 4.76. The Morgan fingerprint density at radius 2 is 1.36 bits per heavy atom. The number of hydrogen-bond acceptors (Lipinski definition) is 1. The van der Waals surface area contributed by atoms with Gasteiger partial charge in [0.05, 0.1) is 6.10 Å². The van der Waals surface area contributed by atoms with E-state index in [0.717, 1.165) is 0 Å². The molecule has 0 bridgehead atoms. The van der Waals surface area contributed by atoms with Crippen LogP contribution >= 0.6 is 7.92 Å². The minimum atomic E-state index is -0.401. The van der Waals surface area contributed by atoms with Crippen LogP contribution in [0.1, 0.15) is 32.6 Å². The van der Waals surface area contributed by atoms with E-state index in [9.17, 15) is 5.11 Å². The number of rotatable bonds is 4. The van der Waals surface area contributed by atoms with Gasteiger partial charge in [0, 0.05) is 0 Å². The molecule has 0 saturated heterocycles. The molecule has 22 heavy (non-hydrogen) atoms. The highest BCUT2D eigenvalue weighted by Gasteiger charge is 2.35. The molecule has 0 spiro atoms. The molecule has 1 aliphatic rings. The lowest BCUT2D eigenvalue weighted by atomic mass is 9.85. The topological polar surface area (TPSA) is 20.2 Å². The molecule has 0 amide bonds. The van der Waals surface area contributed by atoms with Crippen molar-refractivity contribution in [3.63, 3.8) is 0 Å². The second-order valence-corrected chi connectivity index (χ2v) is 8.73. The largest absolute Gasteiger partial charge is 0.393 e. The first-order valence-electron chi connectivity index (χ1n) is 8.35. The Labute approximate surface area is 135 Å². The van der Waals surface area contributed by atoms with Gasteiger partial charge < -0.3 is 5.11 Å². The van der Waals surface area contributed by atoms with Crippen LogP contribution in [0, 0.1) is 5.92 Å². The van der Waals surface area contributed by atoms with Crippen LogP contribution in [0.3, 0.4) is 0 Å². The molecule has 1 N–H and O–H groups in total. The van der Waals surface area contributed by atoms with E-state index in [1.54, 1.807) is 0 Å². The molecule has 3 atom stereocenters. The SMILES string of the molecule is CC(O)C1CCCCC1P(c1ccccc1)c1ccccc1. The van der Waals surface area contributed by atoms with E-state index in [1.807, 2.05) is 6.92 Å². The summed E-state index contributed by atoms with van der Waals surface area (Å²) in [5.74, 6) is 0.431. The minimum absolute atomic E-state index is 0.206. The molecule has 1 aliphatic carbocycles. The number of aliphatic hydroxyl groups excluding tert-OH is 1. The molecule has 3 rings (SSSR count). The fourth-order valence-corrected chi connectivity index (χ4v) is 7.01. The van der Waals surface area contributed by atoms with E-state index in [-0.39, 0.29) is 6.10 Å². The summed E-state index contributed by atoms with van der Waals surface area (Å²) >= 11 is 0. The van der Waals surface area contributed by atoms with Crippen LogP contribution in [0.15, 0.2) is 60.7 Å². The summed E-state index contributed by atoms with van der Waals surface area (Å²) in [5.41, 5.74) is 0.591.